The molecule has 1 aliphatic rings. The maximum atomic E-state index is 12.4. The highest BCUT2D eigenvalue weighted by Gasteiger charge is 2.15. The molecule has 0 radical (unpaired) electrons. The van der Waals surface area contributed by atoms with Crippen LogP contribution in [0.4, 0.5) is 0 Å². The predicted molar refractivity (Wildman–Crippen MR) is 107 cm³/mol. The normalized spacial score (nSPS) is 14.9. The third kappa shape index (κ3) is 4.64. The Hall–Kier alpha value is -2.55. The lowest BCUT2D eigenvalue weighted by atomic mass is 10.2. The number of hydrogen-bond donors (Lipinski definition) is 1. The van der Waals surface area contributed by atoms with Crippen LogP contribution in [0.15, 0.2) is 47.0 Å². The molecular formula is C20H22N4O3S. The molecule has 1 saturated heterocycles. The lowest BCUT2D eigenvalue weighted by Crippen LogP contribution is -2.38. The molecule has 146 valence electrons. The van der Waals surface area contributed by atoms with E-state index >= 15 is 0 Å². The Morgan fingerprint density at radius 1 is 1.14 bits per heavy atom. The molecule has 1 aromatic carbocycles. The third-order valence-corrected chi connectivity index (χ3v) is 5.62. The Morgan fingerprint density at radius 2 is 1.96 bits per heavy atom. The first-order chi connectivity index (χ1) is 13.8. The average molecular weight is 398 g/mol. The number of morpholine rings is 1. The van der Waals surface area contributed by atoms with Gasteiger partial charge in [-0.05, 0) is 37.2 Å². The van der Waals surface area contributed by atoms with Crippen LogP contribution in [0.25, 0.3) is 22.2 Å². The van der Waals surface area contributed by atoms with Gasteiger partial charge in [0.05, 0.1) is 23.0 Å². The minimum atomic E-state index is -0.0648. The Labute approximate surface area is 167 Å². The topological polar surface area (TPSA) is 80.5 Å². The van der Waals surface area contributed by atoms with Crippen LogP contribution in [-0.4, -0.2) is 60.3 Å². The molecule has 8 heteroatoms. The minimum absolute atomic E-state index is 0.0648. The highest BCUT2D eigenvalue weighted by atomic mass is 32.1. The number of nitrogens with one attached hydrogen (secondary N) is 1. The molecule has 0 aliphatic carbocycles. The van der Waals surface area contributed by atoms with E-state index in [0.717, 1.165) is 49.7 Å². The summed E-state index contributed by atoms with van der Waals surface area (Å²) in [6.45, 7) is 5.17. The van der Waals surface area contributed by atoms with E-state index in [1.807, 2.05) is 36.4 Å². The number of benzene rings is 1. The van der Waals surface area contributed by atoms with Crippen molar-refractivity contribution in [2.45, 2.75) is 6.42 Å². The van der Waals surface area contributed by atoms with Crippen molar-refractivity contribution in [2.24, 2.45) is 0 Å². The number of ether oxygens (including phenoxy) is 1. The molecule has 7 nitrogen and oxygen atoms in total. The zero-order valence-electron chi connectivity index (χ0n) is 15.5. The molecule has 28 heavy (non-hydrogen) atoms. The third-order valence-electron chi connectivity index (χ3n) is 4.54. The molecule has 0 atom stereocenters. The molecule has 1 fully saturated rings. The summed E-state index contributed by atoms with van der Waals surface area (Å²) in [5, 5.41) is 7.02. The van der Waals surface area contributed by atoms with E-state index in [2.05, 4.69) is 20.4 Å². The van der Waals surface area contributed by atoms with E-state index in [4.69, 9.17) is 9.26 Å². The number of nitrogens with zero attached hydrogens (tertiary/aromatic N) is 3. The molecule has 0 saturated carbocycles. The van der Waals surface area contributed by atoms with E-state index in [-0.39, 0.29) is 5.91 Å². The van der Waals surface area contributed by atoms with E-state index in [1.54, 1.807) is 6.07 Å². The van der Waals surface area contributed by atoms with Gasteiger partial charge in [-0.3, -0.25) is 9.69 Å². The fraction of sp³-hybridized carbons (Fsp3) is 0.350. The second kappa shape index (κ2) is 9.09. The minimum Gasteiger partial charge on any atom is -0.379 e. The second-order valence-electron chi connectivity index (χ2n) is 6.52. The Balaban J connectivity index is 1.30. The summed E-state index contributed by atoms with van der Waals surface area (Å²) < 4.78 is 10.7. The van der Waals surface area contributed by atoms with Crippen molar-refractivity contribution in [3.8, 4) is 22.2 Å². The van der Waals surface area contributed by atoms with Gasteiger partial charge in [0.15, 0.2) is 0 Å². The van der Waals surface area contributed by atoms with Gasteiger partial charge in [-0.25, -0.2) is 0 Å². The maximum Gasteiger partial charge on any atom is 0.261 e. The molecule has 0 unspecified atom stereocenters. The summed E-state index contributed by atoms with van der Waals surface area (Å²) in [5.41, 5.74) is 0.871. The molecule has 1 aliphatic heterocycles. The fourth-order valence-corrected chi connectivity index (χ4v) is 3.87. The summed E-state index contributed by atoms with van der Waals surface area (Å²) in [6.07, 6.45) is 0.926. The number of hydrogen-bond acceptors (Lipinski definition) is 7. The van der Waals surface area contributed by atoms with Gasteiger partial charge in [0.25, 0.3) is 11.8 Å². The van der Waals surface area contributed by atoms with E-state index in [9.17, 15) is 4.79 Å². The first-order valence-corrected chi connectivity index (χ1v) is 10.2. The van der Waals surface area contributed by atoms with Crippen LogP contribution in [0.3, 0.4) is 0 Å². The van der Waals surface area contributed by atoms with E-state index in [0.29, 0.717) is 23.1 Å². The van der Waals surface area contributed by atoms with Crippen molar-refractivity contribution in [1.82, 2.24) is 20.4 Å². The second-order valence-corrected chi connectivity index (χ2v) is 7.60. The zero-order valence-corrected chi connectivity index (χ0v) is 16.3. The van der Waals surface area contributed by atoms with Crippen LogP contribution in [0.5, 0.6) is 0 Å². The van der Waals surface area contributed by atoms with Crippen LogP contribution >= 0.6 is 11.3 Å². The SMILES string of the molecule is O=C(NCCCN1CCOCC1)c1ccc(-c2noc(-c3ccccc3)n2)s1. The van der Waals surface area contributed by atoms with Gasteiger partial charge >= 0.3 is 0 Å². The lowest BCUT2D eigenvalue weighted by molar-refractivity contribution is 0.0374. The smallest absolute Gasteiger partial charge is 0.261 e. The Bertz CT molecular complexity index is 903. The highest BCUT2D eigenvalue weighted by molar-refractivity contribution is 7.17. The fourth-order valence-electron chi connectivity index (χ4n) is 3.02. The highest BCUT2D eigenvalue weighted by Crippen LogP contribution is 2.28. The Morgan fingerprint density at radius 3 is 2.79 bits per heavy atom. The standard InChI is InChI=1S/C20H22N4O3S/c25-19(21-9-4-10-24-11-13-26-14-12-24)17-8-7-16(28-17)18-22-20(27-23-18)15-5-2-1-3-6-15/h1-3,5-8H,4,9-14H2,(H,21,25). The largest absolute Gasteiger partial charge is 0.379 e. The molecule has 2 aromatic heterocycles. The van der Waals surface area contributed by atoms with E-state index in [1.165, 1.54) is 11.3 Å². The number of thiophene rings is 1. The number of rotatable bonds is 7. The van der Waals surface area contributed by atoms with Crippen LogP contribution in [0.2, 0.25) is 0 Å². The van der Waals surface area contributed by atoms with E-state index < -0.39 is 0 Å². The number of aromatic nitrogens is 2. The summed E-state index contributed by atoms with van der Waals surface area (Å²) >= 11 is 1.36. The van der Waals surface area contributed by atoms with Gasteiger partial charge in [-0.1, -0.05) is 23.4 Å². The predicted octanol–water partition coefficient (Wildman–Crippen LogP) is 2.92. The number of carbonyl (C=O) groups excluding carboxylic acids is 1. The van der Waals surface area contributed by atoms with Crippen LogP contribution in [-0.2, 0) is 4.74 Å². The van der Waals surface area contributed by atoms with Crippen LogP contribution in [0.1, 0.15) is 16.1 Å². The molecule has 0 spiro atoms. The van der Waals surface area contributed by atoms with Gasteiger partial charge in [-0.15, -0.1) is 11.3 Å². The van der Waals surface area contributed by atoms with Crippen molar-refractivity contribution in [1.29, 1.82) is 0 Å². The van der Waals surface area contributed by atoms with Crippen molar-refractivity contribution in [3.05, 3.63) is 47.3 Å². The summed E-state index contributed by atoms with van der Waals surface area (Å²) in [7, 11) is 0. The van der Waals surface area contributed by atoms with Gasteiger partial charge in [-0.2, -0.15) is 4.98 Å². The summed E-state index contributed by atoms with van der Waals surface area (Å²) in [5.74, 6) is 0.901. The van der Waals surface area contributed by atoms with Crippen molar-refractivity contribution in [2.75, 3.05) is 39.4 Å². The van der Waals surface area contributed by atoms with Gasteiger partial charge in [0.2, 0.25) is 5.82 Å². The first-order valence-electron chi connectivity index (χ1n) is 9.37. The van der Waals surface area contributed by atoms with Crippen molar-refractivity contribution >= 4 is 17.2 Å². The van der Waals surface area contributed by atoms with Crippen LogP contribution < -0.4 is 5.32 Å². The quantitative estimate of drug-likeness (QED) is 0.617. The van der Waals surface area contributed by atoms with Gasteiger partial charge in [0.1, 0.15) is 0 Å². The van der Waals surface area contributed by atoms with Crippen molar-refractivity contribution < 1.29 is 14.1 Å². The lowest BCUT2D eigenvalue weighted by Gasteiger charge is -2.26. The van der Waals surface area contributed by atoms with Gasteiger partial charge < -0.3 is 14.6 Å². The monoisotopic (exact) mass is 398 g/mol. The molecule has 1 amide bonds. The van der Waals surface area contributed by atoms with Gasteiger partial charge in [0, 0.05) is 25.2 Å². The number of carbonyl (C=O) groups is 1. The summed E-state index contributed by atoms with van der Waals surface area (Å²) in [4.78, 5) is 20.6. The zero-order chi connectivity index (χ0) is 19.2. The van der Waals surface area contributed by atoms with Crippen LogP contribution in [0, 0.1) is 0 Å². The Kier molecular flexibility index (Phi) is 6.11. The molecule has 4 rings (SSSR count). The summed E-state index contributed by atoms with van der Waals surface area (Å²) in [6, 6.07) is 13.3. The molecule has 3 aromatic rings. The molecule has 1 N–H and O–H groups in total. The molecule has 0 bridgehead atoms. The van der Waals surface area contributed by atoms with Crippen molar-refractivity contribution in [3.63, 3.8) is 0 Å². The first kappa shape index (κ1) is 18.8. The maximum absolute atomic E-state index is 12.4. The average Bonchev–Trinajstić information content (AvgIpc) is 3.42. The molecule has 3 heterocycles. The number of amides is 1. The molecular weight excluding hydrogens is 376 g/mol.